The number of carbonyl (C=O) groups is 1. The maximum Gasteiger partial charge on any atom is 0.323 e. The number of rotatable bonds is 4. The van der Waals surface area contributed by atoms with Gasteiger partial charge in [-0.15, -0.1) is 0 Å². The van der Waals surface area contributed by atoms with Crippen molar-refractivity contribution in [2.24, 2.45) is 5.73 Å². The molecule has 0 amide bonds. The minimum atomic E-state index is -1.44. The smallest absolute Gasteiger partial charge is 0.323 e. The molecule has 0 bridgehead atoms. The van der Waals surface area contributed by atoms with Crippen LogP contribution >= 0.6 is 0 Å². The van der Waals surface area contributed by atoms with Gasteiger partial charge in [-0.2, -0.15) is 0 Å². The van der Waals surface area contributed by atoms with Gasteiger partial charge in [-0.05, 0) is 6.07 Å². The van der Waals surface area contributed by atoms with E-state index in [4.69, 9.17) is 15.6 Å². The SMILES string of the molecule is COC(c1cc(O)cc(O)c1O)C(N)C(=O)O. The lowest BCUT2D eigenvalue weighted by Gasteiger charge is -2.21. The van der Waals surface area contributed by atoms with E-state index in [-0.39, 0.29) is 11.3 Å². The summed E-state index contributed by atoms with van der Waals surface area (Å²) in [5.74, 6) is -2.83. The molecule has 6 N–H and O–H groups in total. The number of hydrogen-bond donors (Lipinski definition) is 5. The molecule has 2 atom stereocenters. The van der Waals surface area contributed by atoms with E-state index < -0.39 is 29.6 Å². The Balaban J connectivity index is 3.25. The monoisotopic (exact) mass is 243 g/mol. The van der Waals surface area contributed by atoms with E-state index in [1.165, 1.54) is 7.11 Å². The summed E-state index contributed by atoms with van der Waals surface area (Å²) in [5.41, 5.74) is 5.28. The molecule has 0 aromatic heterocycles. The van der Waals surface area contributed by atoms with Crippen molar-refractivity contribution in [2.75, 3.05) is 7.11 Å². The van der Waals surface area contributed by atoms with Gasteiger partial charge in [0.25, 0.3) is 0 Å². The molecule has 0 aliphatic heterocycles. The molecule has 1 aromatic carbocycles. The van der Waals surface area contributed by atoms with E-state index in [1.54, 1.807) is 0 Å². The lowest BCUT2D eigenvalue weighted by Crippen LogP contribution is -2.37. The molecule has 0 heterocycles. The quantitative estimate of drug-likeness (QED) is 0.368. The zero-order valence-electron chi connectivity index (χ0n) is 8.99. The first-order valence-corrected chi connectivity index (χ1v) is 4.64. The second-order valence-electron chi connectivity index (χ2n) is 3.42. The average molecular weight is 243 g/mol. The minimum Gasteiger partial charge on any atom is -0.508 e. The Morgan fingerprint density at radius 3 is 2.41 bits per heavy atom. The van der Waals surface area contributed by atoms with Gasteiger partial charge >= 0.3 is 5.97 Å². The fourth-order valence-corrected chi connectivity index (χ4v) is 1.44. The van der Waals surface area contributed by atoms with Crippen LogP contribution in [0.2, 0.25) is 0 Å². The Hall–Kier alpha value is -1.99. The molecule has 0 aliphatic rings. The first-order valence-electron chi connectivity index (χ1n) is 4.64. The van der Waals surface area contributed by atoms with E-state index >= 15 is 0 Å². The average Bonchev–Trinajstić information content (AvgIpc) is 2.25. The summed E-state index contributed by atoms with van der Waals surface area (Å²) >= 11 is 0. The van der Waals surface area contributed by atoms with Gasteiger partial charge in [0.2, 0.25) is 0 Å². The van der Waals surface area contributed by atoms with E-state index in [1.807, 2.05) is 0 Å². The topological polar surface area (TPSA) is 133 Å². The van der Waals surface area contributed by atoms with Crippen molar-refractivity contribution in [1.29, 1.82) is 0 Å². The van der Waals surface area contributed by atoms with E-state index in [0.717, 1.165) is 12.1 Å². The number of carboxylic acids is 1. The number of hydrogen-bond acceptors (Lipinski definition) is 6. The second-order valence-corrected chi connectivity index (χ2v) is 3.42. The molecule has 0 fully saturated rings. The number of methoxy groups -OCH3 is 1. The van der Waals surface area contributed by atoms with Crippen LogP contribution in [0.25, 0.3) is 0 Å². The van der Waals surface area contributed by atoms with Gasteiger partial charge in [0, 0.05) is 18.7 Å². The fourth-order valence-electron chi connectivity index (χ4n) is 1.44. The molecule has 1 rings (SSSR count). The Labute approximate surface area is 96.7 Å². The van der Waals surface area contributed by atoms with Crippen molar-refractivity contribution in [3.63, 3.8) is 0 Å². The maximum atomic E-state index is 10.7. The zero-order chi connectivity index (χ0) is 13.2. The lowest BCUT2D eigenvalue weighted by molar-refractivity contribution is -0.142. The van der Waals surface area contributed by atoms with Crippen molar-refractivity contribution in [2.45, 2.75) is 12.1 Å². The van der Waals surface area contributed by atoms with Gasteiger partial charge in [-0.1, -0.05) is 0 Å². The van der Waals surface area contributed by atoms with E-state index in [2.05, 4.69) is 0 Å². The van der Waals surface area contributed by atoms with Crippen LogP contribution < -0.4 is 5.73 Å². The van der Waals surface area contributed by atoms with Gasteiger partial charge < -0.3 is 30.9 Å². The van der Waals surface area contributed by atoms with Crippen LogP contribution in [0.15, 0.2) is 12.1 Å². The molecule has 2 unspecified atom stereocenters. The molecular formula is C10H13NO6. The Morgan fingerprint density at radius 2 is 1.94 bits per heavy atom. The van der Waals surface area contributed by atoms with Crippen LogP contribution in [0, 0.1) is 0 Å². The van der Waals surface area contributed by atoms with Gasteiger partial charge in [0.15, 0.2) is 11.5 Å². The molecule has 7 nitrogen and oxygen atoms in total. The molecular weight excluding hydrogens is 230 g/mol. The molecule has 0 saturated carbocycles. The highest BCUT2D eigenvalue weighted by Crippen LogP contribution is 2.38. The lowest BCUT2D eigenvalue weighted by atomic mass is 10.0. The molecule has 0 aliphatic carbocycles. The number of nitrogens with two attached hydrogens (primary N) is 1. The Bertz CT molecular complexity index is 433. The highest BCUT2D eigenvalue weighted by Gasteiger charge is 2.29. The number of phenolic OH excluding ortho intramolecular Hbond substituents is 3. The van der Waals surface area contributed by atoms with E-state index in [9.17, 15) is 20.1 Å². The molecule has 7 heteroatoms. The molecule has 17 heavy (non-hydrogen) atoms. The summed E-state index contributed by atoms with van der Waals surface area (Å²) in [6.07, 6.45) is -1.19. The largest absolute Gasteiger partial charge is 0.508 e. The summed E-state index contributed by atoms with van der Waals surface area (Å²) < 4.78 is 4.86. The molecule has 0 saturated heterocycles. The maximum absolute atomic E-state index is 10.7. The molecule has 94 valence electrons. The third-order valence-corrected chi connectivity index (χ3v) is 2.28. The van der Waals surface area contributed by atoms with Gasteiger partial charge in [-0.3, -0.25) is 4.79 Å². The Morgan fingerprint density at radius 1 is 1.35 bits per heavy atom. The molecule has 0 spiro atoms. The van der Waals surface area contributed by atoms with Crippen molar-refractivity contribution >= 4 is 5.97 Å². The highest BCUT2D eigenvalue weighted by molar-refractivity contribution is 5.74. The van der Waals surface area contributed by atoms with Crippen molar-refractivity contribution in [3.8, 4) is 17.2 Å². The number of phenols is 3. The van der Waals surface area contributed by atoms with Crippen LogP contribution in [-0.4, -0.2) is 39.5 Å². The normalized spacial score (nSPS) is 14.2. The summed E-state index contributed by atoms with van der Waals surface area (Å²) in [6.45, 7) is 0. The second kappa shape index (κ2) is 4.89. The number of benzene rings is 1. The summed E-state index contributed by atoms with van der Waals surface area (Å²) in [6, 6.07) is 0.552. The van der Waals surface area contributed by atoms with Crippen LogP contribution in [-0.2, 0) is 9.53 Å². The van der Waals surface area contributed by atoms with Crippen molar-refractivity contribution < 1.29 is 30.0 Å². The van der Waals surface area contributed by atoms with Gasteiger partial charge in [0.1, 0.15) is 17.9 Å². The molecule has 0 radical (unpaired) electrons. The van der Waals surface area contributed by atoms with E-state index in [0.29, 0.717) is 0 Å². The number of aromatic hydroxyl groups is 3. The van der Waals surface area contributed by atoms with Gasteiger partial charge in [0.05, 0.1) is 0 Å². The highest BCUT2D eigenvalue weighted by atomic mass is 16.5. The van der Waals surface area contributed by atoms with Crippen LogP contribution in [0.4, 0.5) is 0 Å². The Kier molecular flexibility index (Phi) is 3.77. The predicted molar refractivity (Wildman–Crippen MR) is 56.8 cm³/mol. The number of carboxylic acid groups (broad SMARTS) is 1. The van der Waals surface area contributed by atoms with Crippen LogP contribution in [0.3, 0.4) is 0 Å². The fraction of sp³-hybridized carbons (Fsp3) is 0.300. The third kappa shape index (κ3) is 2.58. The minimum absolute atomic E-state index is 0.0973. The van der Waals surface area contributed by atoms with Crippen LogP contribution in [0.5, 0.6) is 17.2 Å². The third-order valence-electron chi connectivity index (χ3n) is 2.28. The van der Waals surface area contributed by atoms with Gasteiger partial charge in [-0.25, -0.2) is 0 Å². The van der Waals surface area contributed by atoms with Crippen molar-refractivity contribution in [1.82, 2.24) is 0 Å². The summed E-state index contributed by atoms with van der Waals surface area (Å²) in [5, 5.41) is 36.9. The first kappa shape index (κ1) is 13.1. The number of aliphatic carboxylic acids is 1. The van der Waals surface area contributed by atoms with Crippen molar-refractivity contribution in [3.05, 3.63) is 17.7 Å². The first-order chi connectivity index (χ1) is 7.88. The zero-order valence-corrected chi connectivity index (χ0v) is 8.99. The predicted octanol–water partition coefficient (Wildman–Crippen LogP) is -0.0972. The standard InChI is InChI=1S/C10H13NO6/c1-17-9(7(11)10(15)16)5-2-4(12)3-6(13)8(5)14/h2-3,7,9,12-14H,11H2,1H3,(H,15,16). The molecule has 1 aromatic rings. The summed E-state index contributed by atoms with van der Waals surface area (Å²) in [7, 11) is 1.20. The van der Waals surface area contributed by atoms with Crippen LogP contribution in [0.1, 0.15) is 11.7 Å². The summed E-state index contributed by atoms with van der Waals surface area (Å²) in [4.78, 5) is 10.7. The number of ether oxygens (including phenoxy) is 1.